The lowest BCUT2D eigenvalue weighted by Gasteiger charge is -2.66. The molecule has 4 rings (SSSR count). The van der Waals surface area contributed by atoms with Crippen LogP contribution in [0.15, 0.2) is 12.2 Å². The van der Waals surface area contributed by atoms with Crippen LogP contribution in [-0.4, -0.2) is 78.5 Å². The van der Waals surface area contributed by atoms with Crippen LogP contribution in [0.2, 0.25) is 0 Å². The summed E-state index contributed by atoms with van der Waals surface area (Å²) < 4.78 is 0. The molecule has 0 aromatic carbocycles. The van der Waals surface area contributed by atoms with Crippen LogP contribution in [-0.2, 0) is 0 Å². The van der Waals surface area contributed by atoms with Gasteiger partial charge in [-0.3, -0.25) is 0 Å². The van der Waals surface area contributed by atoms with Crippen molar-refractivity contribution < 1.29 is 35.7 Å². The summed E-state index contributed by atoms with van der Waals surface area (Å²) in [6.07, 6.45) is 1.53. The van der Waals surface area contributed by atoms with Gasteiger partial charge in [-0.15, -0.1) is 0 Å². The quantitative estimate of drug-likeness (QED) is 0.286. The molecule has 4 aliphatic carbocycles. The van der Waals surface area contributed by atoms with Crippen molar-refractivity contribution in [2.24, 2.45) is 52.3 Å². The largest absolute Gasteiger partial charge is 0.396 e. The molecule has 0 bridgehead atoms. The highest BCUT2D eigenvalue weighted by molar-refractivity contribution is 5.23. The van der Waals surface area contributed by atoms with Gasteiger partial charge in [0.1, 0.15) is 0 Å². The van der Waals surface area contributed by atoms with E-state index in [1.165, 1.54) is 0 Å². The van der Waals surface area contributed by atoms with Gasteiger partial charge in [0.2, 0.25) is 0 Å². The van der Waals surface area contributed by atoms with E-state index in [1.807, 2.05) is 20.8 Å². The predicted molar refractivity (Wildman–Crippen MR) is 132 cm³/mol. The first-order chi connectivity index (χ1) is 16.2. The zero-order valence-corrected chi connectivity index (χ0v) is 22.0. The molecule has 7 N–H and O–H groups in total. The first kappa shape index (κ1) is 27.5. The molecular formula is C28H48O7. The van der Waals surface area contributed by atoms with Gasteiger partial charge in [-0.2, -0.15) is 0 Å². The molecule has 0 aromatic rings. The van der Waals surface area contributed by atoms with Crippen LogP contribution in [0.25, 0.3) is 0 Å². The highest BCUT2D eigenvalue weighted by Crippen LogP contribution is 2.69. The molecule has 4 saturated carbocycles. The first-order valence-electron chi connectivity index (χ1n) is 13.7. The van der Waals surface area contributed by atoms with Crippen molar-refractivity contribution in [1.29, 1.82) is 0 Å². The molecule has 4 unspecified atom stereocenters. The van der Waals surface area contributed by atoms with E-state index in [1.54, 1.807) is 0 Å². The average Bonchev–Trinajstić information content (AvgIpc) is 2.99. The number of allylic oxidation sites excluding steroid dienone is 2. The van der Waals surface area contributed by atoms with Gasteiger partial charge in [-0.25, -0.2) is 0 Å². The third-order valence-electron chi connectivity index (χ3n) is 11.4. The average molecular weight is 497 g/mol. The van der Waals surface area contributed by atoms with E-state index in [2.05, 4.69) is 26.0 Å². The van der Waals surface area contributed by atoms with E-state index < -0.39 is 58.8 Å². The lowest BCUT2D eigenvalue weighted by molar-refractivity contribution is -0.280. The highest BCUT2D eigenvalue weighted by Gasteiger charge is 2.73. The molecule has 0 saturated heterocycles. The van der Waals surface area contributed by atoms with Gasteiger partial charge in [0.05, 0.1) is 36.1 Å². The number of rotatable bonds is 5. The van der Waals surface area contributed by atoms with E-state index in [-0.39, 0.29) is 42.6 Å². The first-order valence-corrected chi connectivity index (χ1v) is 13.7. The van der Waals surface area contributed by atoms with E-state index in [0.717, 1.165) is 6.42 Å². The summed E-state index contributed by atoms with van der Waals surface area (Å²) in [5.41, 5.74) is -2.48. The van der Waals surface area contributed by atoms with Gasteiger partial charge >= 0.3 is 0 Å². The van der Waals surface area contributed by atoms with Gasteiger partial charge in [0.25, 0.3) is 0 Å². The molecule has 4 fully saturated rings. The summed E-state index contributed by atoms with van der Waals surface area (Å²) >= 11 is 0. The van der Waals surface area contributed by atoms with Crippen LogP contribution in [0.4, 0.5) is 0 Å². The Morgan fingerprint density at radius 3 is 2.09 bits per heavy atom. The summed E-state index contributed by atoms with van der Waals surface area (Å²) in [5.74, 6) is -1.40. The van der Waals surface area contributed by atoms with E-state index >= 15 is 0 Å². The minimum atomic E-state index is -1.38. The van der Waals surface area contributed by atoms with Crippen molar-refractivity contribution in [3.63, 3.8) is 0 Å². The van der Waals surface area contributed by atoms with Gasteiger partial charge < -0.3 is 35.7 Å². The highest BCUT2D eigenvalue weighted by atomic mass is 16.3. The Hall–Kier alpha value is -0.540. The molecule has 0 radical (unpaired) electrons. The normalized spacial score (nSPS) is 54.6. The fourth-order valence-electron chi connectivity index (χ4n) is 9.38. The number of aliphatic hydroxyl groups excluding tert-OH is 6. The summed E-state index contributed by atoms with van der Waals surface area (Å²) in [6.45, 7) is 10.3. The molecular weight excluding hydrogens is 448 g/mol. The maximum atomic E-state index is 12.3. The topological polar surface area (TPSA) is 142 Å². The summed E-state index contributed by atoms with van der Waals surface area (Å²) in [4.78, 5) is 0. The molecule has 15 atom stereocenters. The van der Waals surface area contributed by atoms with Crippen molar-refractivity contribution in [2.75, 3.05) is 6.61 Å². The fourth-order valence-corrected chi connectivity index (χ4v) is 9.38. The number of hydrogen-bond acceptors (Lipinski definition) is 7. The maximum absolute atomic E-state index is 12.3. The van der Waals surface area contributed by atoms with Crippen molar-refractivity contribution >= 4 is 0 Å². The Bertz CT molecular complexity index is 804. The molecule has 7 heteroatoms. The van der Waals surface area contributed by atoms with Gasteiger partial charge in [0.15, 0.2) is 0 Å². The lowest BCUT2D eigenvalue weighted by Crippen LogP contribution is -2.71. The van der Waals surface area contributed by atoms with Crippen LogP contribution in [0.5, 0.6) is 0 Å². The molecule has 0 aliphatic heterocycles. The maximum Gasteiger partial charge on any atom is 0.0863 e. The monoisotopic (exact) mass is 496 g/mol. The van der Waals surface area contributed by atoms with E-state index in [4.69, 9.17) is 0 Å². The molecule has 0 aromatic heterocycles. The molecule has 0 spiro atoms. The summed E-state index contributed by atoms with van der Waals surface area (Å²) in [6, 6.07) is 0. The smallest absolute Gasteiger partial charge is 0.0863 e. The van der Waals surface area contributed by atoms with Gasteiger partial charge in [-0.05, 0) is 66.1 Å². The van der Waals surface area contributed by atoms with Crippen LogP contribution in [0.1, 0.15) is 66.7 Å². The Morgan fingerprint density at radius 2 is 1.46 bits per heavy atom. The molecule has 7 nitrogen and oxygen atoms in total. The fraction of sp³-hybridized carbons (Fsp3) is 0.929. The van der Waals surface area contributed by atoms with E-state index in [9.17, 15) is 35.7 Å². The van der Waals surface area contributed by atoms with Crippen LogP contribution in [0, 0.1) is 52.3 Å². The third kappa shape index (κ3) is 3.96. The Labute approximate surface area is 209 Å². The third-order valence-corrected chi connectivity index (χ3v) is 11.4. The molecule has 35 heavy (non-hydrogen) atoms. The van der Waals surface area contributed by atoms with E-state index in [0.29, 0.717) is 19.3 Å². The number of hydrogen-bond donors (Lipinski definition) is 7. The molecule has 0 heterocycles. The molecule has 4 aliphatic rings. The number of aliphatic hydroxyl groups is 7. The van der Waals surface area contributed by atoms with Crippen molar-refractivity contribution in [2.45, 2.75) is 103 Å². The van der Waals surface area contributed by atoms with Crippen LogP contribution in [0.3, 0.4) is 0 Å². The minimum Gasteiger partial charge on any atom is -0.396 e. The summed E-state index contributed by atoms with van der Waals surface area (Å²) in [5, 5.41) is 76.8. The van der Waals surface area contributed by atoms with Gasteiger partial charge in [0, 0.05) is 24.9 Å². The second-order valence-corrected chi connectivity index (χ2v) is 13.2. The Kier molecular flexibility index (Phi) is 7.33. The van der Waals surface area contributed by atoms with Crippen molar-refractivity contribution in [3.8, 4) is 0 Å². The molecule has 202 valence electrons. The number of fused-ring (bicyclic) bond motifs is 5. The standard InChI is InChI=1S/C28H48O7/c1-14(16(3)13-29)6-7-15(2)20-23(33)24(34)25-27(20,5)11-9-19-26(4)10-8-17(30)22(32)21(26)18(31)12-28(19,25)35/h6-7,14-25,29-35H,8-13H2,1-5H3/b7-6+/t14?,15-,16?,17+,18+,19?,20+,21+,22+,23-,24+,25?,26-,27-,28+/m1/s1. The SMILES string of the molecule is CC(/C=C/[C@@H](C)[C@H]1[C@@H](O)[C@H](O)C2[C@]3(O)C[C@H](O)[C@H]4[C@@H](O)[C@@H](O)CC[C@]4(C)C3CC[C@@]21C)C(C)CO. The zero-order chi connectivity index (χ0) is 26.1. The second-order valence-electron chi connectivity index (χ2n) is 13.2. The van der Waals surface area contributed by atoms with Crippen LogP contribution < -0.4 is 0 Å². The van der Waals surface area contributed by atoms with Crippen molar-refractivity contribution in [3.05, 3.63) is 12.2 Å². The summed E-state index contributed by atoms with van der Waals surface area (Å²) in [7, 11) is 0. The second kappa shape index (κ2) is 9.33. The molecule has 0 amide bonds. The van der Waals surface area contributed by atoms with Crippen LogP contribution >= 0.6 is 0 Å². The Morgan fingerprint density at radius 1 is 0.829 bits per heavy atom. The van der Waals surface area contributed by atoms with Crippen molar-refractivity contribution in [1.82, 2.24) is 0 Å². The predicted octanol–water partition coefficient (Wildman–Crippen LogP) is 1.46. The lowest BCUT2D eigenvalue weighted by atomic mass is 9.41. The Balaban J connectivity index is 1.67. The van der Waals surface area contributed by atoms with Gasteiger partial charge in [-0.1, -0.05) is 46.8 Å². The zero-order valence-electron chi connectivity index (χ0n) is 22.0. The minimum absolute atomic E-state index is 0.0216.